The Balaban J connectivity index is 1.80. The van der Waals surface area contributed by atoms with Crippen molar-refractivity contribution >= 4 is 39.2 Å². The number of carbonyl (C=O) groups excluding carboxylic acids is 3. The fourth-order valence-corrected chi connectivity index (χ4v) is 3.09. The van der Waals surface area contributed by atoms with Gasteiger partial charge in [-0.1, -0.05) is 15.9 Å². The molecule has 8 heteroatoms. The highest BCUT2D eigenvalue weighted by molar-refractivity contribution is 9.10. The van der Waals surface area contributed by atoms with Crippen LogP contribution in [0.4, 0.5) is 5.69 Å². The summed E-state index contributed by atoms with van der Waals surface area (Å²) < 4.78 is 11.2. The van der Waals surface area contributed by atoms with Crippen LogP contribution in [0.15, 0.2) is 40.9 Å². The molecule has 2 amide bonds. The molecule has 0 atom stereocenters. The maximum absolute atomic E-state index is 12.3. The molecule has 2 aromatic carbocycles. The normalized spacial score (nSPS) is 10.2. The van der Waals surface area contributed by atoms with Gasteiger partial charge in [0.05, 0.1) is 20.8 Å². The third-order valence-corrected chi connectivity index (χ3v) is 4.69. The van der Waals surface area contributed by atoms with E-state index in [1.54, 1.807) is 24.3 Å². The molecule has 0 radical (unpaired) electrons. The molecule has 0 aliphatic rings. The summed E-state index contributed by atoms with van der Waals surface area (Å²) >= 11 is 3.36. The Bertz CT molecular complexity index is 914. The quantitative estimate of drug-likeness (QED) is 0.556. The molecule has 0 fully saturated rings. The van der Waals surface area contributed by atoms with Crippen molar-refractivity contribution in [3.05, 3.63) is 52.0 Å². The summed E-state index contributed by atoms with van der Waals surface area (Å²) in [7, 11) is 3.00. The van der Waals surface area contributed by atoms with Gasteiger partial charge in [0.15, 0.2) is 17.3 Å². The molecule has 2 aromatic rings. The van der Waals surface area contributed by atoms with E-state index in [1.165, 1.54) is 14.2 Å². The first-order valence-corrected chi connectivity index (χ1v) is 9.71. The first-order valence-electron chi connectivity index (χ1n) is 8.92. The van der Waals surface area contributed by atoms with Gasteiger partial charge in [0.1, 0.15) is 0 Å². The maximum atomic E-state index is 12.3. The van der Waals surface area contributed by atoms with Crippen molar-refractivity contribution in [3.8, 4) is 11.5 Å². The first kappa shape index (κ1) is 22.4. The van der Waals surface area contributed by atoms with Crippen molar-refractivity contribution in [2.24, 2.45) is 0 Å². The van der Waals surface area contributed by atoms with Crippen molar-refractivity contribution in [2.75, 3.05) is 26.1 Å². The molecule has 0 saturated heterocycles. The van der Waals surface area contributed by atoms with Crippen molar-refractivity contribution in [1.29, 1.82) is 0 Å². The SMILES string of the molecule is COc1ccc(C(=O)CCC(=O)NCC(=O)Nc2ccc(Br)cc2C)cc1OC. The molecule has 0 bridgehead atoms. The number of methoxy groups -OCH3 is 2. The number of rotatable bonds is 9. The van der Waals surface area contributed by atoms with Crippen molar-refractivity contribution in [2.45, 2.75) is 19.8 Å². The molecular formula is C21H23BrN2O5. The summed E-state index contributed by atoms with van der Waals surface area (Å²) in [6.45, 7) is 1.71. The van der Waals surface area contributed by atoms with E-state index in [0.29, 0.717) is 22.7 Å². The topological polar surface area (TPSA) is 93.7 Å². The van der Waals surface area contributed by atoms with Crippen LogP contribution in [0.1, 0.15) is 28.8 Å². The summed E-state index contributed by atoms with van der Waals surface area (Å²) in [5.41, 5.74) is 2.01. The van der Waals surface area contributed by atoms with Gasteiger partial charge in [0.25, 0.3) is 0 Å². The van der Waals surface area contributed by atoms with Crippen LogP contribution >= 0.6 is 15.9 Å². The number of anilines is 1. The van der Waals surface area contributed by atoms with Gasteiger partial charge in [0, 0.05) is 28.6 Å². The highest BCUT2D eigenvalue weighted by Gasteiger charge is 2.13. The van der Waals surface area contributed by atoms with Crippen LogP contribution in [0.5, 0.6) is 11.5 Å². The van der Waals surface area contributed by atoms with Gasteiger partial charge in [-0.05, 0) is 48.9 Å². The second-order valence-corrected chi connectivity index (χ2v) is 7.19. The van der Waals surface area contributed by atoms with Crippen LogP contribution < -0.4 is 20.1 Å². The van der Waals surface area contributed by atoms with E-state index in [1.807, 2.05) is 19.1 Å². The molecule has 0 aliphatic carbocycles. The molecule has 0 heterocycles. The number of hydrogen-bond donors (Lipinski definition) is 2. The molecular weight excluding hydrogens is 440 g/mol. The number of aryl methyl sites for hydroxylation is 1. The van der Waals surface area contributed by atoms with Gasteiger partial charge in [-0.2, -0.15) is 0 Å². The standard InChI is InChI=1S/C21H23BrN2O5/c1-13-10-15(22)5-6-16(13)24-21(27)12-23-20(26)9-7-17(25)14-4-8-18(28-2)19(11-14)29-3/h4-6,8,10-11H,7,9,12H2,1-3H3,(H,23,26)(H,24,27). The predicted octanol–water partition coefficient (Wildman–Crippen LogP) is 3.49. The minimum absolute atomic E-state index is 0.0161. The van der Waals surface area contributed by atoms with E-state index in [2.05, 4.69) is 26.6 Å². The monoisotopic (exact) mass is 462 g/mol. The molecule has 0 unspecified atom stereocenters. The highest BCUT2D eigenvalue weighted by atomic mass is 79.9. The van der Waals surface area contributed by atoms with Gasteiger partial charge in [-0.15, -0.1) is 0 Å². The number of benzene rings is 2. The fraction of sp³-hybridized carbons (Fsp3) is 0.286. The minimum Gasteiger partial charge on any atom is -0.493 e. The van der Waals surface area contributed by atoms with E-state index in [0.717, 1.165) is 10.0 Å². The lowest BCUT2D eigenvalue weighted by Crippen LogP contribution is -2.33. The lowest BCUT2D eigenvalue weighted by atomic mass is 10.1. The van der Waals surface area contributed by atoms with Gasteiger partial charge >= 0.3 is 0 Å². The van der Waals surface area contributed by atoms with Crippen molar-refractivity contribution in [3.63, 3.8) is 0 Å². The number of nitrogens with one attached hydrogen (secondary N) is 2. The van der Waals surface area contributed by atoms with Crippen molar-refractivity contribution in [1.82, 2.24) is 5.32 Å². The average Bonchev–Trinajstić information content (AvgIpc) is 2.71. The van der Waals surface area contributed by atoms with Crippen molar-refractivity contribution < 1.29 is 23.9 Å². The Morgan fingerprint density at radius 1 is 0.931 bits per heavy atom. The Morgan fingerprint density at radius 2 is 1.66 bits per heavy atom. The van der Waals surface area contributed by atoms with Gasteiger partial charge < -0.3 is 20.1 Å². The molecule has 0 aliphatic heterocycles. The Hall–Kier alpha value is -2.87. The summed E-state index contributed by atoms with van der Waals surface area (Å²) in [6.07, 6.45) is 0.00647. The number of carbonyl (C=O) groups is 3. The molecule has 2 N–H and O–H groups in total. The van der Waals surface area contributed by atoms with Gasteiger partial charge in [-0.25, -0.2) is 0 Å². The fourth-order valence-electron chi connectivity index (χ4n) is 2.61. The van der Waals surface area contributed by atoms with Crippen LogP contribution in [0.25, 0.3) is 0 Å². The van der Waals surface area contributed by atoms with E-state index in [4.69, 9.17) is 9.47 Å². The van der Waals surface area contributed by atoms with Gasteiger partial charge in [-0.3, -0.25) is 14.4 Å². The second-order valence-electron chi connectivity index (χ2n) is 6.28. The lowest BCUT2D eigenvalue weighted by molar-refractivity contribution is -0.124. The Morgan fingerprint density at radius 3 is 2.31 bits per heavy atom. The summed E-state index contributed by atoms with van der Waals surface area (Å²) in [6, 6.07) is 10.3. The smallest absolute Gasteiger partial charge is 0.243 e. The van der Waals surface area contributed by atoms with E-state index in [-0.39, 0.29) is 37.0 Å². The van der Waals surface area contributed by atoms with Crippen LogP contribution in [-0.2, 0) is 9.59 Å². The van der Waals surface area contributed by atoms with Crippen LogP contribution in [0.3, 0.4) is 0 Å². The minimum atomic E-state index is -0.374. The zero-order chi connectivity index (χ0) is 21.4. The summed E-state index contributed by atoms with van der Waals surface area (Å²) in [5, 5.41) is 5.26. The molecule has 0 spiro atoms. The molecule has 0 saturated carbocycles. The largest absolute Gasteiger partial charge is 0.493 e. The average molecular weight is 463 g/mol. The number of halogens is 1. The molecule has 0 aromatic heterocycles. The van der Waals surface area contributed by atoms with E-state index in [9.17, 15) is 14.4 Å². The summed E-state index contributed by atoms with van der Waals surface area (Å²) in [5.74, 6) is 0.0593. The first-order chi connectivity index (χ1) is 13.8. The molecule has 154 valence electrons. The molecule has 7 nitrogen and oxygen atoms in total. The third kappa shape index (κ3) is 6.60. The number of ether oxygens (including phenoxy) is 2. The maximum Gasteiger partial charge on any atom is 0.243 e. The predicted molar refractivity (Wildman–Crippen MR) is 114 cm³/mol. The molecule has 2 rings (SSSR count). The Kier molecular flexibility index (Phi) is 8.21. The Labute approximate surface area is 177 Å². The highest BCUT2D eigenvalue weighted by Crippen LogP contribution is 2.28. The number of ketones is 1. The van der Waals surface area contributed by atoms with Crippen LogP contribution in [0.2, 0.25) is 0 Å². The van der Waals surface area contributed by atoms with E-state index < -0.39 is 0 Å². The second kappa shape index (κ2) is 10.6. The van der Waals surface area contributed by atoms with Crippen LogP contribution in [-0.4, -0.2) is 38.4 Å². The number of amides is 2. The molecule has 29 heavy (non-hydrogen) atoms. The zero-order valence-electron chi connectivity index (χ0n) is 16.5. The summed E-state index contributed by atoms with van der Waals surface area (Å²) in [4.78, 5) is 36.3. The lowest BCUT2D eigenvalue weighted by Gasteiger charge is -2.10. The third-order valence-electron chi connectivity index (χ3n) is 4.19. The van der Waals surface area contributed by atoms with Crippen LogP contribution in [0, 0.1) is 6.92 Å². The number of hydrogen-bond acceptors (Lipinski definition) is 5. The number of Topliss-reactive ketones (excluding diaryl/α,β-unsaturated/α-hetero) is 1. The zero-order valence-corrected chi connectivity index (χ0v) is 18.1. The van der Waals surface area contributed by atoms with Gasteiger partial charge in [0.2, 0.25) is 11.8 Å². The van der Waals surface area contributed by atoms with E-state index >= 15 is 0 Å².